The molecule has 0 aliphatic carbocycles. The van der Waals surface area contributed by atoms with Crippen LogP contribution >= 0.6 is 0 Å². The molecule has 1 aliphatic heterocycles. The molecule has 27 heavy (non-hydrogen) atoms. The molecule has 1 saturated heterocycles. The summed E-state index contributed by atoms with van der Waals surface area (Å²) in [7, 11) is 0. The van der Waals surface area contributed by atoms with Gasteiger partial charge in [-0.15, -0.1) is 0 Å². The van der Waals surface area contributed by atoms with Gasteiger partial charge in [-0.25, -0.2) is 9.37 Å². The Morgan fingerprint density at radius 2 is 1.81 bits per heavy atom. The molecule has 0 amide bonds. The lowest BCUT2D eigenvalue weighted by atomic mass is 10.2. The Bertz CT molecular complexity index is 1050. The van der Waals surface area contributed by atoms with Gasteiger partial charge in [0.1, 0.15) is 17.2 Å². The number of rotatable bonds is 4. The number of nitrogens with zero attached hydrogens (tertiary/aromatic N) is 5. The van der Waals surface area contributed by atoms with Gasteiger partial charge < -0.3 is 8.92 Å². The molecule has 0 unspecified atom stereocenters. The molecule has 0 radical (unpaired) electrons. The summed E-state index contributed by atoms with van der Waals surface area (Å²) in [5.74, 6) is -0.300. The summed E-state index contributed by atoms with van der Waals surface area (Å²) < 4.78 is 20.6. The van der Waals surface area contributed by atoms with E-state index in [1.54, 1.807) is 6.07 Å². The standard InChI is InChI=1S/C20H20FN5O/c21-15-4-5-17-18(23-27-19(17)11-15)14-25-9-7-24(8-10-25)12-16-13-26-6-2-1-3-20(26)22-16/h1-6,11,13H,7-10,12,14H2. The van der Waals surface area contributed by atoms with Crippen molar-refractivity contribution in [2.75, 3.05) is 26.2 Å². The Labute approximate surface area is 155 Å². The van der Waals surface area contributed by atoms with Gasteiger partial charge in [0.2, 0.25) is 0 Å². The van der Waals surface area contributed by atoms with Crippen molar-refractivity contribution < 1.29 is 8.91 Å². The first-order chi connectivity index (χ1) is 13.2. The number of imidazole rings is 1. The second-order valence-electron chi connectivity index (χ2n) is 7.02. The van der Waals surface area contributed by atoms with Crippen molar-refractivity contribution in [3.05, 3.63) is 66.0 Å². The largest absolute Gasteiger partial charge is 0.356 e. The van der Waals surface area contributed by atoms with Gasteiger partial charge in [0.05, 0.1) is 5.69 Å². The highest BCUT2D eigenvalue weighted by Gasteiger charge is 2.20. The number of hydrogen-bond donors (Lipinski definition) is 0. The van der Waals surface area contributed by atoms with Crippen LogP contribution in [0.4, 0.5) is 4.39 Å². The second-order valence-corrected chi connectivity index (χ2v) is 7.02. The fourth-order valence-electron chi connectivity index (χ4n) is 3.69. The van der Waals surface area contributed by atoms with E-state index in [1.807, 2.05) is 24.4 Å². The fraction of sp³-hybridized carbons (Fsp3) is 0.300. The van der Waals surface area contributed by atoms with E-state index in [0.717, 1.165) is 61.7 Å². The van der Waals surface area contributed by atoms with Crippen molar-refractivity contribution >= 4 is 16.6 Å². The van der Waals surface area contributed by atoms with Gasteiger partial charge in [-0.05, 0) is 24.3 Å². The maximum absolute atomic E-state index is 13.3. The van der Waals surface area contributed by atoms with Crippen LogP contribution in [0.5, 0.6) is 0 Å². The van der Waals surface area contributed by atoms with E-state index in [9.17, 15) is 4.39 Å². The summed E-state index contributed by atoms with van der Waals surface area (Å²) in [6.45, 7) is 5.48. The van der Waals surface area contributed by atoms with Crippen LogP contribution in [-0.2, 0) is 13.1 Å². The van der Waals surface area contributed by atoms with Crippen molar-refractivity contribution in [2.45, 2.75) is 13.1 Å². The molecule has 0 saturated carbocycles. The summed E-state index contributed by atoms with van der Waals surface area (Å²) in [6, 6.07) is 10.6. The molecule has 1 fully saturated rings. The number of benzene rings is 1. The zero-order valence-corrected chi connectivity index (χ0v) is 14.9. The quantitative estimate of drug-likeness (QED) is 0.557. The summed E-state index contributed by atoms with van der Waals surface area (Å²) in [5, 5.41) is 5.02. The third kappa shape index (κ3) is 3.31. The molecule has 1 aromatic carbocycles. The molecule has 138 valence electrons. The van der Waals surface area contributed by atoms with Crippen molar-refractivity contribution in [1.29, 1.82) is 0 Å². The number of pyridine rings is 1. The zero-order chi connectivity index (χ0) is 18.2. The highest BCUT2D eigenvalue weighted by molar-refractivity contribution is 5.79. The number of aromatic nitrogens is 3. The van der Waals surface area contributed by atoms with E-state index in [1.165, 1.54) is 12.1 Å². The molecule has 0 spiro atoms. The monoisotopic (exact) mass is 365 g/mol. The molecule has 6 nitrogen and oxygen atoms in total. The Hall–Kier alpha value is -2.77. The van der Waals surface area contributed by atoms with Crippen LogP contribution in [0.1, 0.15) is 11.4 Å². The molecule has 1 aliphatic rings. The molecule has 5 rings (SSSR count). The van der Waals surface area contributed by atoms with E-state index >= 15 is 0 Å². The first-order valence-corrected chi connectivity index (χ1v) is 9.16. The molecule has 4 heterocycles. The Kier molecular flexibility index (Phi) is 4.10. The summed E-state index contributed by atoms with van der Waals surface area (Å²) in [4.78, 5) is 9.47. The summed E-state index contributed by atoms with van der Waals surface area (Å²) in [6.07, 6.45) is 4.13. The van der Waals surface area contributed by atoms with Crippen LogP contribution in [0.15, 0.2) is 53.3 Å². The van der Waals surface area contributed by atoms with E-state index in [4.69, 9.17) is 4.52 Å². The number of hydrogen-bond acceptors (Lipinski definition) is 5. The Balaban J connectivity index is 1.21. The van der Waals surface area contributed by atoms with Crippen molar-refractivity contribution in [2.24, 2.45) is 0 Å². The normalized spacial score (nSPS) is 16.5. The molecule has 4 aromatic rings. The number of fused-ring (bicyclic) bond motifs is 2. The van der Waals surface area contributed by atoms with Gasteiger partial charge in [0, 0.05) is 63.1 Å². The molecule has 3 aromatic heterocycles. The summed E-state index contributed by atoms with van der Waals surface area (Å²) in [5.41, 5.74) is 3.47. The second kappa shape index (κ2) is 6.75. The molecule has 7 heteroatoms. The molecular weight excluding hydrogens is 345 g/mol. The maximum Gasteiger partial charge on any atom is 0.170 e. The lowest BCUT2D eigenvalue weighted by Gasteiger charge is -2.33. The van der Waals surface area contributed by atoms with E-state index in [0.29, 0.717) is 5.58 Å². The Morgan fingerprint density at radius 1 is 1.00 bits per heavy atom. The Morgan fingerprint density at radius 3 is 2.63 bits per heavy atom. The zero-order valence-electron chi connectivity index (χ0n) is 14.9. The van der Waals surface area contributed by atoms with Gasteiger partial charge in [0.15, 0.2) is 5.58 Å². The molecule has 0 N–H and O–H groups in total. The fourth-order valence-corrected chi connectivity index (χ4v) is 3.69. The number of piperazine rings is 1. The lowest BCUT2D eigenvalue weighted by molar-refractivity contribution is 0.119. The van der Waals surface area contributed by atoms with E-state index in [-0.39, 0.29) is 5.82 Å². The predicted octanol–water partition coefficient (Wildman–Crippen LogP) is 2.93. The topological polar surface area (TPSA) is 49.8 Å². The van der Waals surface area contributed by atoms with Gasteiger partial charge >= 0.3 is 0 Å². The minimum absolute atomic E-state index is 0.300. The van der Waals surface area contributed by atoms with Crippen molar-refractivity contribution in [1.82, 2.24) is 24.3 Å². The highest BCUT2D eigenvalue weighted by Crippen LogP contribution is 2.21. The van der Waals surface area contributed by atoms with Crippen molar-refractivity contribution in [3.8, 4) is 0 Å². The van der Waals surface area contributed by atoms with Gasteiger partial charge in [-0.2, -0.15) is 0 Å². The van der Waals surface area contributed by atoms with Crippen LogP contribution in [0.3, 0.4) is 0 Å². The molecule has 0 bridgehead atoms. The first-order valence-electron chi connectivity index (χ1n) is 9.16. The average molecular weight is 365 g/mol. The van der Waals surface area contributed by atoms with Crippen LogP contribution in [-0.4, -0.2) is 50.5 Å². The van der Waals surface area contributed by atoms with Crippen LogP contribution in [0.25, 0.3) is 16.6 Å². The molecule has 0 atom stereocenters. The number of halogens is 1. The van der Waals surface area contributed by atoms with Gasteiger partial charge in [-0.3, -0.25) is 9.80 Å². The van der Waals surface area contributed by atoms with Crippen molar-refractivity contribution in [3.63, 3.8) is 0 Å². The average Bonchev–Trinajstić information content (AvgIpc) is 3.26. The van der Waals surface area contributed by atoms with Gasteiger partial charge in [0.25, 0.3) is 0 Å². The maximum atomic E-state index is 13.3. The first kappa shape index (κ1) is 16.4. The van der Waals surface area contributed by atoms with Gasteiger partial charge in [-0.1, -0.05) is 11.2 Å². The molecular formula is C20H20FN5O. The predicted molar refractivity (Wildman–Crippen MR) is 99.7 cm³/mol. The SMILES string of the molecule is Fc1ccc2c(CN3CCN(Cc4cn5ccccc5n4)CC3)noc2c1. The van der Waals surface area contributed by atoms with E-state index < -0.39 is 0 Å². The smallest absolute Gasteiger partial charge is 0.170 e. The third-order valence-electron chi connectivity index (χ3n) is 5.15. The highest BCUT2D eigenvalue weighted by atomic mass is 19.1. The third-order valence-corrected chi connectivity index (χ3v) is 5.15. The van der Waals surface area contributed by atoms with Crippen LogP contribution < -0.4 is 0 Å². The minimum Gasteiger partial charge on any atom is -0.356 e. The minimum atomic E-state index is -0.300. The van der Waals surface area contributed by atoms with E-state index in [2.05, 4.69) is 30.5 Å². The lowest BCUT2D eigenvalue weighted by Crippen LogP contribution is -2.45. The van der Waals surface area contributed by atoms with Crippen LogP contribution in [0, 0.1) is 5.82 Å². The van der Waals surface area contributed by atoms with Crippen LogP contribution in [0.2, 0.25) is 0 Å². The summed E-state index contributed by atoms with van der Waals surface area (Å²) >= 11 is 0.